The van der Waals surface area contributed by atoms with Crippen molar-refractivity contribution in [1.29, 1.82) is 0 Å². The van der Waals surface area contributed by atoms with Gasteiger partial charge in [-0.3, -0.25) is 4.98 Å². The first kappa shape index (κ1) is 11.7. The zero-order valence-corrected chi connectivity index (χ0v) is 9.60. The Morgan fingerprint density at radius 2 is 2.12 bits per heavy atom. The minimum Gasteiger partial charge on any atom is -0.386 e. The second-order valence-corrected chi connectivity index (χ2v) is 4.06. The number of nitrogens with zero attached hydrogens (tertiary/aromatic N) is 1. The molecule has 1 heterocycles. The third-order valence-electron chi connectivity index (χ3n) is 2.68. The number of aryl methyl sites for hydroxylation is 1. The Hall–Kier alpha value is -1.74. The fraction of sp³-hybridized carbons (Fsp3) is 0.214. The second kappa shape index (κ2) is 5.06. The number of hydrogen-bond acceptors (Lipinski definition) is 2. The minimum atomic E-state index is -0.696. The number of hydrogen-bond donors (Lipinski definition) is 1. The lowest BCUT2D eigenvalue weighted by atomic mass is 10.0. The summed E-state index contributed by atoms with van der Waals surface area (Å²) >= 11 is 0. The molecular formula is C14H14FNO. The van der Waals surface area contributed by atoms with Gasteiger partial charge in [-0.05, 0) is 36.2 Å². The summed E-state index contributed by atoms with van der Waals surface area (Å²) in [5, 5.41) is 10.1. The maximum atomic E-state index is 13.0. The third-order valence-corrected chi connectivity index (χ3v) is 2.68. The molecule has 0 saturated heterocycles. The zero-order chi connectivity index (χ0) is 12.3. The Kier molecular flexibility index (Phi) is 3.49. The van der Waals surface area contributed by atoms with Gasteiger partial charge in [0.05, 0.1) is 5.69 Å². The van der Waals surface area contributed by atoms with Gasteiger partial charge in [-0.25, -0.2) is 4.39 Å². The molecule has 0 spiro atoms. The van der Waals surface area contributed by atoms with E-state index in [-0.39, 0.29) is 5.82 Å². The van der Waals surface area contributed by atoms with Crippen molar-refractivity contribution in [3.05, 3.63) is 65.2 Å². The van der Waals surface area contributed by atoms with E-state index in [1.807, 2.05) is 19.1 Å². The van der Waals surface area contributed by atoms with E-state index < -0.39 is 6.10 Å². The van der Waals surface area contributed by atoms with Gasteiger partial charge in [0, 0.05) is 12.6 Å². The molecule has 1 N–H and O–H groups in total. The maximum absolute atomic E-state index is 13.0. The van der Waals surface area contributed by atoms with Gasteiger partial charge < -0.3 is 5.11 Å². The molecule has 0 amide bonds. The lowest BCUT2D eigenvalue weighted by Gasteiger charge is -2.12. The molecule has 1 unspecified atom stereocenters. The van der Waals surface area contributed by atoms with Gasteiger partial charge in [-0.15, -0.1) is 0 Å². The van der Waals surface area contributed by atoms with Crippen LogP contribution in [-0.4, -0.2) is 10.1 Å². The Labute approximate surface area is 99.8 Å². The van der Waals surface area contributed by atoms with Crippen molar-refractivity contribution < 1.29 is 9.50 Å². The van der Waals surface area contributed by atoms with Crippen molar-refractivity contribution in [3.63, 3.8) is 0 Å². The molecule has 1 aromatic heterocycles. The molecule has 0 radical (unpaired) electrons. The molecule has 0 aliphatic heterocycles. The molecule has 0 fully saturated rings. The molecule has 2 nitrogen and oxygen atoms in total. The van der Waals surface area contributed by atoms with Gasteiger partial charge in [0.25, 0.3) is 0 Å². The van der Waals surface area contributed by atoms with Gasteiger partial charge in [-0.2, -0.15) is 0 Å². The van der Waals surface area contributed by atoms with Crippen molar-refractivity contribution in [3.8, 4) is 0 Å². The molecule has 88 valence electrons. The number of benzene rings is 1. The minimum absolute atomic E-state index is 0.285. The first-order chi connectivity index (χ1) is 8.16. The number of aliphatic hydroxyl groups is 1. The molecule has 0 saturated carbocycles. The van der Waals surface area contributed by atoms with Crippen LogP contribution >= 0.6 is 0 Å². The summed E-state index contributed by atoms with van der Waals surface area (Å²) in [6.07, 6.45) is 1.32. The standard InChI is InChI=1S/C14H14FNO/c1-10-4-3-7-16-14(10)13(17)9-11-5-2-6-12(15)8-11/h2-8,13,17H,9H2,1H3. The van der Waals surface area contributed by atoms with Crippen LogP contribution in [0, 0.1) is 12.7 Å². The molecule has 0 aliphatic carbocycles. The van der Waals surface area contributed by atoms with E-state index >= 15 is 0 Å². The monoisotopic (exact) mass is 231 g/mol. The highest BCUT2D eigenvalue weighted by atomic mass is 19.1. The highest BCUT2D eigenvalue weighted by Gasteiger charge is 2.12. The molecule has 3 heteroatoms. The van der Waals surface area contributed by atoms with Crippen molar-refractivity contribution in [1.82, 2.24) is 4.98 Å². The summed E-state index contributed by atoms with van der Waals surface area (Å²) < 4.78 is 13.0. The summed E-state index contributed by atoms with van der Waals surface area (Å²) in [6.45, 7) is 1.90. The van der Waals surface area contributed by atoms with Crippen molar-refractivity contribution in [2.45, 2.75) is 19.4 Å². The highest BCUT2D eigenvalue weighted by Crippen LogP contribution is 2.19. The lowest BCUT2D eigenvalue weighted by molar-refractivity contribution is 0.172. The summed E-state index contributed by atoms with van der Waals surface area (Å²) in [5.74, 6) is -0.285. The SMILES string of the molecule is Cc1cccnc1C(O)Cc1cccc(F)c1. The van der Waals surface area contributed by atoms with Crippen LogP contribution in [0.4, 0.5) is 4.39 Å². The van der Waals surface area contributed by atoms with Crippen molar-refractivity contribution in [2.75, 3.05) is 0 Å². The number of pyridine rings is 1. The quantitative estimate of drug-likeness (QED) is 0.881. The molecule has 1 aromatic carbocycles. The molecule has 2 rings (SSSR count). The highest BCUT2D eigenvalue weighted by molar-refractivity contribution is 5.23. The smallest absolute Gasteiger partial charge is 0.123 e. The topological polar surface area (TPSA) is 33.1 Å². The average molecular weight is 231 g/mol. The normalized spacial score (nSPS) is 12.4. The number of rotatable bonds is 3. The van der Waals surface area contributed by atoms with Crippen LogP contribution in [0.25, 0.3) is 0 Å². The van der Waals surface area contributed by atoms with E-state index in [1.54, 1.807) is 18.3 Å². The van der Waals surface area contributed by atoms with E-state index in [1.165, 1.54) is 12.1 Å². The predicted molar refractivity (Wildman–Crippen MR) is 64.0 cm³/mol. The zero-order valence-electron chi connectivity index (χ0n) is 9.60. The first-order valence-corrected chi connectivity index (χ1v) is 5.51. The van der Waals surface area contributed by atoms with Crippen LogP contribution in [0.3, 0.4) is 0 Å². The van der Waals surface area contributed by atoms with E-state index in [9.17, 15) is 9.50 Å². The van der Waals surface area contributed by atoms with Gasteiger partial charge in [-0.1, -0.05) is 18.2 Å². The molecule has 1 atom stereocenters. The summed E-state index contributed by atoms with van der Waals surface area (Å²) in [6, 6.07) is 9.99. The Bertz CT molecular complexity index is 513. The van der Waals surface area contributed by atoms with E-state index in [0.717, 1.165) is 11.1 Å². The van der Waals surface area contributed by atoms with Crippen LogP contribution in [0.1, 0.15) is 22.9 Å². The van der Waals surface area contributed by atoms with Crippen LogP contribution < -0.4 is 0 Å². The summed E-state index contributed by atoms with van der Waals surface area (Å²) in [5.41, 5.74) is 2.36. The van der Waals surface area contributed by atoms with Gasteiger partial charge >= 0.3 is 0 Å². The summed E-state index contributed by atoms with van der Waals surface area (Å²) in [4.78, 5) is 4.15. The maximum Gasteiger partial charge on any atom is 0.123 e. The molecular weight excluding hydrogens is 217 g/mol. The second-order valence-electron chi connectivity index (χ2n) is 4.06. The van der Waals surface area contributed by atoms with E-state index in [4.69, 9.17) is 0 Å². The fourth-order valence-corrected chi connectivity index (χ4v) is 1.83. The Morgan fingerprint density at radius 1 is 1.29 bits per heavy atom. The van der Waals surface area contributed by atoms with Crippen molar-refractivity contribution >= 4 is 0 Å². The fourth-order valence-electron chi connectivity index (χ4n) is 1.83. The van der Waals surface area contributed by atoms with Crippen LogP contribution in [0.5, 0.6) is 0 Å². The Morgan fingerprint density at radius 3 is 2.82 bits per heavy atom. The molecule has 2 aromatic rings. The number of halogens is 1. The van der Waals surface area contributed by atoms with Crippen LogP contribution in [-0.2, 0) is 6.42 Å². The van der Waals surface area contributed by atoms with Crippen LogP contribution in [0.15, 0.2) is 42.6 Å². The third kappa shape index (κ3) is 2.88. The van der Waals surface area contributed by atoms with Crippen LogP contribution in [0.2, 0.25) is 0 Å². The van der Waals surface area contributed by atoms with E-state index in [0.29, 0.717) is 12.1 Å². The Balaban J connectivity index is 2.17. The van der Waals surface area contributed by atoms with Gasteiger partial charge in [0.1, 0.15) is 11.9 Å². The average Bonchev–Trinajstić information content (AvgIpc) is 2.29. The predicted octanol–water partition coefficient (Wildman–Crippen LogP) is 2.81. The molecule has 0 bridgehead atoms. The lowest BCUT2D eigenvalue weighted by Crippen LogP contribution is -2.06. The summed E-state index contributed by atoms with van der Waals surface area (Å²) in [7, 11) is 0. The van der Waals surface area contributed by atoms with Crippen molar-refractivity contribution in [2.24, 2.45) is 0 Å². The number of aliphatic hydroxyl groups excluding tert-OH is 1. The molecule has 0 aliphatic rings. The van der Waals surface area contributed by atoms with Gasteiger partial charge in [0.2, 0.25) is 0 Å². The molecule has 17 heavy (non-hydrogen) atoms. The van der Waals surface area contributed by atoms with E-state index in [2.05, 4.69) is 4.98 Å². The van der Waals surface area contributed by atoms with Gasteiger partial charge in [0.15, 0.2) is 0 Å². The number of aromatic nitrogens is 1. The first-order valence-electron chi connectivity index (χ1n) is 5.51. The largest absolute Gasteiger partial charge is 0.386 e.